The van der Waals surface area contributed by atoms with Gasteiger partial charge in [-0.25, -0.2) is 4.98 Å². The fourth-order valence-electron chi connectivity index (χ4n) is 5.38. The molecule has 1 aromatic carbocycles. The zero-order valence-electron chi connectivity index (χ0n) is 24.4. The van der Waals surface area contributed by atoms with Crippen LogP contribution in [0.15, 0.2) is 29.6 Å². The molecule has 0 amide bonds. The SMILES string of the molecule is CC#Cc1nc(C[N+]2([O-])CCOC3(CCN(Cc4ccc(CCOCCC(=O)OC(C)(C)C)cc4)CC3)C2)cs1. The fraction of sp³-hybridized carbons (Fsp3) is 0.613. The van der Waals surface area contributed by atoms with Gasteiger partial charge in [-0.05, 0) is 64.0 Å². The molecule has 1 unspecified atom stereocenters. The van der Waals surface area contributed by atoms with Gasteiger partial charge in [-0.2, -0.15) is 0 Å². The summed E-state index contributed by atoms with van der Waals surface area (Å²) in [5.41, 5.74) is 2.53. The molecule has 2 aliphatic rings. The Labute approximate surface area is 242 Å². The van der Waals surface area contributed by atoms with Crippen LogP contribution in [0.3, 0.4) is 0 Å². The Balaban J connectivity index is 1.18. The van der Waals surface area contributed by atoms with Crippen LogP contribution in [0.4, 0.5) is 0 Å². The number of rotatable bonds is 10. The van der Waals surface area contributed by atoms with Crippen LogP contribution >= 0.6 is 11.3 Å². The molecular formula is C31H43N3O5S. The van der Waals surface area contributed by atoms with Crippen LogP contribution in [0.5, 0.6) is 0 Å². The first-order valence-corrected chi connectivity index (χ1v) is 15.1. The molecule has 0 radical (unpaired) electrons. The third-order valence-electron chi connectivity index (χ3n) is 7.32. The van der Waals surface area contributed by atoms with Gasteiger partial charge in [0.15, 0.2) is 5.01 Å². The topological polar surface area (TPSA) is 84.0 Å². The minimum absolute atomic E-state index is 0.228. The number of thiazole rings is 1. The van der Waals surface area contributed by atoms with Gasteiger partial charge in [0.1, 0.15) is 36.5 Å². The lowest BCUT2D eigenvalue weighted by Crippen LogP contribution is -2.62. The smallest absolute Gasteiger partial charge is 0.308 e. The Morgan fingerprint density at radius 3 is 2.62 bits per heavy atom. The van der Waals surface area contributed by atoms with Gasteiger partial charge >= 0.3 is 5.97 Å². The predicted octanol–water partition coefficient (Wildman–Crippen LogP) is 4.69. The molecule has 8 nitrogen and oxygen atoms in total. The number of hydrogen-bond donors (Lipinski definition) is 0. The van der Waals surface area contributed by atoms with Gasteiger partial charge in [0.05, 0.1) is 26.2 Å². The molecule has 218 valence electrons. The number of piperidine rings is 1. The highest BCUT2D eigenvalue weighted by Crippen LogP contribution is 2.34. The summed E-state index contributed by atoms with van der Waals surface area (Å²) < 4.78 is 16.9. The quantitative estimate of drug-likeness (QED) is 0.135. The first-order valence-electron chi connectivity index (χ1n) is 14.2. The third kappa shape index (κ3) is 9.37. The van der Waals surface area contributed by atoms with E-state index >= 15 is 0 Å². The molecule has 1 spiro atoms. The molecule has 2 aliphatic heterocycles. The lowest BCUT2D eigenvalue weighted by Gasteiger charge is -2.54. The number of carbonyl (C=O) groups excluding carboxylic acids is 1. The number of ether oxygens (including phenoxy) is 3. The lowest BCUT2D eigenvalue weighted by molar-refractivity contribution is -0.910. The molecule has 9 heteroatoms. The number of benzene rings is 1. The second-order valence-corrected chi connectivity index (χ2v) is 12.8. The van der Waals surface area contributed by atoms with Crippen LogP contribution in [0.25, 0.3) is 0 Å². The summed E-state index contributed by atoms with van der Waals surface area (Å²) >= 11 is 1.51. The maximum atomic E-state index is 13.7. The van der Waals surface area contributed by atoms with Gasteiger partial charge in [-0.15, -0.1) is 11.3 Å². The first kappa shape index (κ1) is 30.6. The standard InChI is InChI=1S/C31H43N3O5S/c1-5-6-28-32-27(23-40-28)22-34(36)17-20-38-31(24-34)13-15-33(16-14-31)21-26-9-7-25(8-10-26)11-18-37-19-12-29(35)39-30(2,3)4/h7-10,23H,11-22,24H2,1-4H3. The van der Waals surface area contributed by atoms with E-state index in [4.69, 9.17) is 14.2 Å². The van der Waals surface area contributed by atoms with Crippen molar-refractivity contribution >= 4 is 17.3 Å². The molecule has 0 N–H and O–H groups in total. The summed E-state index contributed by atoms with van der Waals surface area (Å²) in [7, 11) is 0. The van der Waals surface area contributed by atoms with Crippen LogP contribution in [-0.4, -0.2) is 77.7 Å². The van der Waals surface area contributed by atoms with Gasteiger partial charge in [0.25, 0.3) is 0 Å². The van der Waals surface area contributed by atoms with E-state index in [1.54, 1.807) is 6.92 Å². The molecule has 4 rings (SSSR count). The Hall–Kier alpha value is -2.32. The third-order valence-corrected chi connectivity index (χ3v) is 8.13. The van der Waals surface area contributed by atoms with Crippen LogP contribution in [0.1, 0.15) is 68.8 Å². The summed E-state index contributed by atoms with van der Waals surface area (Å²) in [6.07, 6.45) is 2.82. The van der Waals surface area contributed by atoms with Crippen molar-refractivity contribution in [2.45, 2.75) is 77.7 Å². The van der Waals surface area contributed by atoms with Crippen molar-refractivity contribution < 1.29 is 23.7 Å². The zero-order valence-corrected chi connectivity index (χ0v) is 25.2. The van der Waals surface area contributed by atoms with Crippen molar-refractivity contribution in [3.8, 4) is 11.8 Å². The van der Waals surface area contributed by atoms with E-state index < -0.39 is 5.60 Å². The number of quaternary nitrogens is 1. The van der Waals surface area contributed by atoms with E-state index in [2.05, 4.69) is 46.0 Å². The van der Waals surface area contributed by atoms with E-state index in [0.717, 1.165) is 49.6 Å². The molecular weight excluding hydrogens is 526 g/mol. The molecule has 1 aromatic heterocycles. The molecule has 2 saturated heterocycles. The number of likely N-dealkylation sites (tertiary alicyclic amines) is 1. The van der Waals surface area contributed by atoms with E-state index in [9.17, 15) is 10.0 Å². The second kappa shape index (κ2) is 13.6. The monoisotopic (exact) mass is 569 g/mol. The molecule has 0 aliphatic carbocycles. The molecule has 2 aromatic rings. The predicted molar refractivity (Wildman–Crippen MR) is 156 cm³/mol. The van der Waals surface area contributed by atoms with Gasteiger partial charge in [0.2, 0.25) is 0 Å². The van der Waals surface area contributed by atoms with E-state index in [0.29, 0.717) is 39.5 Å². The Morgan fingerprint density at radius 2 is 1.93 bits per heavy atom. The minimum Gasteiger partial charge on any atom is -0.632 e. The molecule has 3 heterocycles. The average Bonchev–Trinajstić information content (AvgIpc) is 3.31. The highest BCUT2D eigenvalue weighted by Gasteiger charge is 2.44. The minimum atomic E-state index is -0.461. The number of morpholine rings is 1. The van der Waals surface area contributed by atoms with E-state index in [-0.39, 0.29) is 22.6 Å². The fourth-order valence-corrected chi connectivity index (χ4v) is 6.09. The molecule has 2 fully saturated rings. The molecule has 1 atom stereocenters. The van der Waals surface area contributed by atoms with Gasteiger partial charge < -0.3 is 24.1 Å². The van der Waals surface area contributed by atoms with Crippen molar-refractivity contribution in [1.29, 1.82) is 0 Å². The molecule has 0 bridgehead atoms. The maximum Gasteiger partial charge on any atom is 0.308 e. The normalized spacial score (nSPS) is 21.1. The molecule has 0 saturated carbocycles. The molecule has 40 heavy (non-hydrogen) atoms. The highest BCUT2D eigenvalue weighted by atomic mass is 32.1. The number of esters is 1. The number of aromatic nitrogens is 1. The summed E-state index contributed by atoms with van der Waals surface area (Å²) in [6, 6.07) is 8.67. The van der Waals surface area contributed by atoms with Crippen LogP contribution in [0.2, 0.25) is 0 Å². The summed E-state index contributed by atoms with van der Waals surface area (Å²) in [5.74, 6) is 5.63. The van der Waals surface area contributed by atoms with Crippen LogP contribution in [-0.2, 0) is 38.5 Å². The van der Waals surface area contributed by atoms with Gasteiger partial charge in [-0.1, -0.05) is 30.2 Å². The van der Waals surface area contributed by atoms with Crippen molar-refractivity contribution in [1.82, 2.24) is 9.88 Å². The van der Waals surface area contributed by atoms with Crippen LogP contribution in [0, 0.1) is 17.0 Å². The Kier molecular flexibility index (Phi) is 10.4. The number of hydroxylamine groups is 3. The van der Waals surface area contributed by atoms with Crippen LogP contribution < -0.4 is 0 Å². The first-order chi connectivity index (χ1) is 19.1. The summed E-state index contributed by atoms with van der Waals surface area (Å²) in [4.78, 5) is 18.8. The number of carbonyl (C=O) groups is 1. The van der Waals surface area contributed by atoms with Crippen molar-refractivity contribution in [3.05, 3.63) is 56.7 Å². The summed E-state index contributed by atoms with van der Waals surface area (Å²) in [5, 5.41) is 16.4. The Bertz CT molecular complexity index is 1170. The second-order valence-electron chi connectivity index (χ2n) is 11.9. The lowest BCUT2D eigenvalue weighted by atomic mass is 9.88. The number of nitrogens with zero attached hydrogens (tertiary/aromatic N) is 3. The van der Waals surface area contributed by atoms with Crippen molar-refractivity contribution in [3.63, 3.8) is 0 Å². The van der Waals surface area contributed by atoms with Crippen molar-refractivity contribution in [2.75, 3.05) is 46.0 Å². The maximum absolute atomic E-state index is 13.7. The average molecular weight is 570 g/mol. The van der Waals surface area contributed by atoms with E-state index in [1.165, 1.54) is 22.5 Å². The Morgan fingerprint density at radius 1 is 1.20 bits per heavy atom. The van der Waals surface area contributed by atoms with Crippen molar-refractivity contribution in [2.24, 2.45) is 0 Å². The van der Waals surface area contributed by atoms with Gasteiger partial charge in [0, 0.05) is 25.0 Å². The zero-order chi connectivity index (χ0) is 28.6. The largest absolute Gasteiger partial charge is 0.632 e. The highest BCUT2D eigenvalue weighted by molar-refractivity contribution is 7.10. The van der Waals surface area contributed by atoms with E-state index in [1.807, 2.05) is 26.2 Å². The van der Waals surface area contributed by atoms with Gasteiger partial charge in [-0.3, -0.25) is 9.69 Å². The summed E-state index contributed by atoms with van der Waals surface area (Å²) in [6.45, 7) is 12.9. The number of hydrogen-bond acceptors (Lipinski definition) is 8.